The summed E-state index contributed by atoms with van der Waals surface area (Å²) in [5.74, 6) is 1.57. The highest BCUT2D eigenvalue weighted by molar-refractivity contribution is 7.09. The number of carbonyl (C=O) groups is 1. The summed E-state index contributed by atoms with van der Waals surface area (Å²) in [5.41, 5.74) is 1.03. The molecule has 0 aliphatic carbocycles. The molecule has 0 atom stereocenters. The van der Waals surface area contributed by atoms with Crippen molar-refractivity contribution < 1.29 is 19.0 Å². The van der Waals surface area contributed by atoms with E-state index in [0.717, 1.165) is 30.0 Å². The molecule has 0 fully saturated rings. The minimum atomic E-state index is 0.0773. The second-order valence-electron chi connectivity index (χ2n) is 6.04. The van der Waals surface area contributed by atoms with Gasteiger partial charge in [0.1, 0.15) is 0 Å². The highest BCUT2D eigenvalue weighted by atomic mass is 32.1. The number of hydrogen-bond donors (Lipinski definition) is 1. The van der Waals surface area contributed by atoms with Gasteiger partial charge in [-0.05, 0) is 42.1 Å². The number of hydrogen-bond acceptors (Lipinski definition) is 6. The van der Waals surface area contributed by atoms with Crippen LogP contribution < -0.4 is 14.8 Å². The Bertz CT molecular complexity index is 706. The molecule has 1 aromatic heterocycles. The zero-order valence-corrected chi connectivity index (χ0v) is 15.7. The van der Waals surface area contributed by atoms with Gasteiger partial charge in [-0.3, -0.25) is 4.79 Å². The van der Waals surface area contributed by atoms with Crippen molar-refractivity contribution in [1.29, 1.82) is 0 Å². The molecule has 1 aliphatic heterocycles. The number of ether oxygens (including phenoxy) is 3. The number of amides is 1. The average molecular weight is 376 g/mol. The molecule has 7 heteroatoms. The van der Waals surface area contributed by atoms with Crippen molar-refractivity contribution in [2.24, 2.45) is 0 Å². The molecule has 1 N–H and O–H groups in total. The van der Waals surface area contributed by atoms with Gasteiger partial charge in [0, 0.05) is 25.1 Å². The Balaban J connectivity index is 1.62. The third-order valence-electron chi connectivity index (χ3n) is 4.07. The van der Waals surface area contributed by atoms with Crippen LogP contribution in [0.4, 0.5) is 0 Å². The van der Waals surface area contributed by atoms with Gasteiger partial charge < -0.3 is 24.4 Å². The summed E-state index contributed by atoms with van der Waals surface area (Å²) in [6.45, 7) is 3.16. The zero-order chi connectivity index (χ0) is 18.2. The van der Waals surface area contributed by atoms with Crippen LogP contribution in [0.5, 0.6) is 11.5 Å². The predicted molar refractivity (Wildman–Crippen MR) is 101 cm³/mol. The molecule has 26 heavy (non-hydrogen) atoms. The molecule has 1 aromatic carbocycles. The second kappa shape index (κ2) is 9.56. The molecule has 140 valence electrons. The van der Waals surface area contributed by atoms with Crippen molar-refractivity contribution in [1.82, 2.24) is 10.2 Å². The van der Waals surface area contributed by atoms with E-state index in [4.69, 9.17) is 14.2 Å². The number of nitrogens with zero attached hydrogens (tertiary/aromatic N) is 1. The number of benzene rings is 1. The fourth-order valence-corrected chi connectivity index (χ4v) is 3.45. The average Bonchev–Trinajstić information content (AvgIpc) is 3.32. The summed E-state index contributed by atoms with van der Waals surface area (Å²) in [7, 11) is 1.68. The van der Waals surface area contributed by atoms with Crippen LogP contribution in [0.1, 0.15) is 16.9 Å². The van der Waals surface area contributed by atoms with E-state index in [9.17, 15) is 4.79 Å². The van der Waals surface area contributed by atoms with Crippen molar-refractivity contribution in [2.45, 2.75) is 19.5 Å². The minimum absolute atomic E-state index is 0.0773. The lowest BCUT2D eigenvalue weighted by Crippen LogP contribution is -2.37. The molecule has 2 aromatic rings. The maximum atomic E-state index is 12.7. The van der Waals surface area contributed by atoms with Crippen molar-refractivity contribution in [3.63, 3.8) is 0 Å². The molecule has 0 saturated carbocycles. The largest absolute Gasteiger partial charge is 0.454 e. The van der Waals surface area contributed by atoms with Crippen LogP contribution in [-0.4, -0.2) is 44.4 Å². The number of rotatable bonds is 10. The quantitative estimate of drug-likeness (QED) is 0.646. The summed E-state index contributed by atoms with van der Waals surface area (Å²) in [4.78, 5) is 15.8. The van der Waals surface area contributed by atoms with Crippen molar-refractivity contribution in [3.05, 3.63) is 46.2 Å². The maximum absolute atomic E-state index is 12.7. The zero-order valence-electron chi connectivity index (χ0n) is 14.9. The number of carbonyl (C=O) groups excluding carboxylic acids is 1. The first-order valence-corrected chi connectivity index (χ1v) is 9.52. The molecular weight excluding hydrogens is 352 g/mol. The van der Waals surface area contributed by atoms with Gasteiger partial charge in [0.15, 0.2) is 11.5 Å². The van der Waals surface area contributed by atoms with Gasteiger partial charge in [0.05, 0.1) is 13.1 Å². The highest BCUT2D eigenvalue weighted by Crippen LogP contribution is 2.33. The first-order chi connectivity index (χ1) is 12.8. The molecule has 1 aliphatic rings. The van der Waals surface area contributed by atoms with E-state index in [0.29, 0.717) is 26.2 Å². The number of nitrogens with one attached hydrogen (secondary N) is 1. The Morgan fingerprint density at radius 1 is 1.27 bits per heavy atom. The number of thiophene rings is 1. The molecular formula is C19H24N2O4S. The third-order valence-corrected chi connectivity index (χ3v) is 4.93. The fraction of sp³-hybridized carbons (Fsp3) is 0.421. The maximum Gasteiger partial charge on any atom is 0.237 e. The Morgan fingerprint density at radius 2 is 2.15 bits per heavy atom. The second-order valence-corrected chi connectivity index (χ2v) is 7.07. The summed E-state index contributed by atoms with van der Waals surface area (Å²) >= 11 is 1.66. The normalized spacial score (nSPS) is 12.3. The van der Waals surface area contributed by atoms with Crippen LogP contribution in [-0.2, 0) is 22.6 Å². The Morgan fingerprint density at radius 3 is 2.96 bits per heavy atom. The summed E-state index contributed by atoms with van der Waals surface area (Å²) in [6, 6.07) is 9.88. The topological polar surface area (TPSA) is 60.0 Å². The number of fused-ring (bicyclic) bond motifs is 1. The van der Waals surface area contributed by atoms with Crippen molar-refractivity contribution >= 4 is 17.2 Å². The smallest absolute Gasteiger partial charge is 0.237 e. The van der Waals surface area contributed by atoms with E-state index in [1.807, 2.05) is 34.5 Å². The van der Waals surface area contributed by atoms with E-state index >= 15 is 0 Å². The van der Waals surface area contributed by atoms with Gasteiger partial charge in [-0.15, -0.1) is 11.3 Å². The number of methoxy groups -OCH3 is 1. The highest BCUT2D eigenvalue weighted by Gasteiger charge is 2.18. The molecule has 1 amide bonds. The predicted octanol–water partition coefficient (Wildman–Crippen LogP) is 2.63. The first-order valence-electron chi connectivity index (χ1n) is 8.64. The summed E-state index contributed by atoms with van der Waals surface area (Å²) < 4.78 is 15.8. The van der Waals surface area contributed by atoms with Crippen LogP contribution in [0.2, 0.25) is 0 Å². The van der Waals surface area contributed by atoms with Crippen LogP contribution in [0.3, 0.4) is 0 Å². The lowest BCUT2D eigenvalue weighted by molar-refractivity contribution is -0.131. The van der Waals surface area contributed by atoms with E-state index < -0.39 is 0 Å². The van der Waals surface area contributed by atoms with Crippen LogP contribution in [0, 0.1) is 0 Å². The Kier molecular flexibility index (Phi) is 6.88. The van der Waals surface area contributed by atoms with Gasteiger partial charge in [-0.2, -0.15) is 0 Å². The van der Waals surface area contributed by atoms with E-state index in [1.54, 1.807) is 18.4 Å². The van der Waals surface area contributed by atoms with Crippen molar-refractivity contribution in [3.8, 4) is 11.5 Å². The van der Waals surface area contributed by atoms with E-state index in [1.165, 1.54) is 4.88 Å². The van der Waals surface area contributed by atoms with Gasteiger partial charge in [-0.25, -0.2) is 0 Å². The molecule has 0 spiro atoms. The molecule has 0 unspecified atom stereocenters. The molecule has 0 bridgehead atoms. The van der Waals surface area contributed by atoms with Gasteiger partial charge in [0.25, 0.3) is 0 Å². The van der Waals surface area contributed by atoms with Gasteiger partial charge in [0.2, 0.25) is 12.7 Å². The third kappa shape index (κ3) is 5.20. The van der Waals surface area contributed by atoms with Crippen LogP contribution >= 0.6 is 11.3 Å². The monoisotopic (exact) mass is 376 g/mol. The van der Waals surface area contributed by atoms with Gasteiger partial charge in [-0.1, -0.05) is 12.1 Å². The molecule has 6 nitrogen and oxygen atoms in total. The van der Waals surface area contributed by atoms with Gasteiger partial charge >= 0.3 is 0 Å². The standard InChI is InChI=1S/C19H24N2O4S/c1-23-8-3-7-20-11-19(22)21(13-16-4-2-9-26-16)12-15-5-6-17-18(10-15)25-14-24-17/h2,4-6,9-10,20H,3,7-8,11-14H2,1H3. The van der Waals surface area contributed by atoms with E-state index in [-0.39, 0.29) is 12.7 Å². The van der Waals surface area contributed by atoms with E-state index in [2.05, 4.69) is 11.4 Å². The van der Waals surface area contributed by atoms with Crippen LogP contribution in [0.15, 0.2) is 35.7 Å². The minimum Gasteiger partial charge on any atom is -0.454 e. The summed E-state index contributed by atoms with van der Waals surface area (Å²) in [5, 5.41) is 5.22. The van der Waals surface area contributed by atoms with Crippen molar-refractivity contribution in [2.75, 3.05) is 33.6 Å². The lowest BCUT2D eigenvalue weighted by atomic mass is 10.2. The Labute approximate surface area is 157 Å². The first kappa shape index (κ1) is 18.7. The Hall–Kier alpha value is -2.09. The molecule has 2 heterocycles. The molecule has 0 saturated heterocycles. The lowest BCUT2D eigenvalue weighted by Gasteiger charge is -2.23. The van der Waals surface area contributed by atoms with Crippen LogP contribution in [0.25, 0.3) is 0 Å². The molecule has 3 rings (SSSR count). The summed E-state index contributed by atoms with van der Waals surface area (Å²) in [6.07, 6.45) is 0.886. The molecule has 0 radical (unpaired) electrons. The fourth-order valence-electron chi connectivity index (χ4n) is 2.73. The SMILES string of the molecule is COCCCNCC(=O)N(Cc1ccc2c(c1)OCO2)Cc1cccs1.